The summed E-state index contributed by atoms with van der Waals surface area (Å²) in [4.78, 5) is 20.9. The number of thiophene rings is 1. The maximum absolute atomic E-state index is 12.5. The van der Waals surface area contributed by atoms with Crippen molar-refractivity contribution in [2.24, 2.45) is 0 Å². The Labute approximate surface area is 155 Å². The van der Waals surface area contributed by atoms with Crippen LogP contribution in [0, 0.1) is 11.3 Å². The molecular weight excluding hydrogens is 350 g/mol. The van der Waals surface area contributed by atoms with Crippen molar-refractivity contribution in [3.05, 3.63) is 52.7 Å². The van der Waals surface area contributed by atoms with Crippen LogP contribution < -0.4 is 0 Å². The van der Waals surface area contributed by atoms with E-state index in [-0.39, 0.29) is 5.91 Å². The zero-order valence-electron chi connectivity index (χ0n) is 13.8. The monoisotopic (exact) mass is 367 g/mol. The van der Waals surface area contributed by atoms with Crippen molar-refractivity contribution in [1.82, 2.24) is 9.88 Å². The van der Waals surface area contributed by atoms with E-state index in [1.54, 1.807) is 34.6 Å². The van der Waals surface area contributed by atoms with Gasteiger partial charge in [-0.25, -0.2) is 4.98 Å². The van der Waals surface area contributed by atoms with Crippen molar-refractivity contribution >= 4 is 28.6 Å². The number of aromatic nitrogens is 1. The molecule has 0 atom stereocenters. The van der Waals surface area contributed by atoms with Gasteiger partial charge in [-0.2, -0.15) is 5.26 Å². The van der Waals surface area contributed by atoms with Crippen LogP contribution in [0.1, 0.15) is 11.3 Å². The molecule has 0 saturated heterocycles. The van der Waals surface area contributed by atoms with Crippen molar-refractivity contribution in [3.8, 4) is 27.2 Å². The van der Waals surface area contributed by atoms with Gasteiger partial charge in [0.15, 0.2) is 0 Å². The van der Waals surface area contributed by atoms with E-state index in [2.05, 4.69) is 6.07 Å². The number of carbonyl (C=O) groups excluding carboxylic acids is 1. The van der Waals surface area contributed by atoms with Gasteiger partial charge in [0.25, 0.3) is 0 Å². The Morgan fingerprint density at radius 1 is 1.24 bits per heavy atom. The lowest BCUT2D eigenvalue weighted by atomic mass is 10.2. The second-order valence-corrected chi connectivity index (χ2v) is 7.57. The number of hydrogen-bond acceptors (Lipinski definition) is 5. The predicted octanol–water partition coefficient (Wildman–Crippen LogP) is 4.45. The quantitative estimate of drug-likeness (QED) is 0.646. The van der Waals surface area contributed by atoms with Crippen LogP contribution in [0.3, 0.4) is 0 Å². The highest BCUT2D eigenvalue weighted by atomic mass is 32.1. The number of thiazole rings is 1. The molecule has 25 heavy (non-hydrogen) atoms. The summed E-state index contributed by atoms with van der Waals surface area (Å²) >= 11 is 3.19. The second-order valence-electron chi connectivity index (χ2n) is 5.53. The fourth-order valence-corrected chi connectivity index (χ4v) is 4.27. The molecule has 0 spiro atoms. The van der Waals surface area contributed by atoms with Gasteiger partial charge in [0.1, 0.15) is 5.01 Å². The molecule has 0 aliphatic carbocycles. The molecule has 0 bridgehead atoms. The van der Waals surface area contributed by atoms with Crippen molar-refractivity contribution < 1.29 is 4.79 Å². The average molecular weight is 367 g/mol. The SMILES string of the molecule is CN(CCC#N)C(=O)Cc1sc(-c2ccccc2)nc1-c1cccs1. The number of nitriles is 1. The van der Waals surface area contributed by atoms with E-state index in [1.165, 1.54) is 0 Å². The summed E-state index contributed by atoms with van der Waals surface area (Å²) < 4.78 is 0. The summed E-state index contributed by atoms with van der Waals surface area (Å²) in [5, 5.41) is 11.6. The van der Waals surface area contributed by atoms with Crippen LogP contribution in [-0.4, -0.2) is 29.4 Å². The lowest BCUT2D eigenvalue weighted by molar-refractivity contribution is -0.129. The van der Waals surface area contributed by atoms with Gasteiger partial charge in [0.05, 0.1) is 29.5 Å². The maximum atomic E-state index is 12.5. The summed E-state index contributed by atoms with van der Waals surface area (Å²) in [6.07, 6.45) is 0.650. The van der Waals surface area contributed by atoms with Crippen LogP contribution in [0.4, 0.5) is 0 Å². The van der Waals surface area contributed by atoms with Crippen LogP contribution in [-0.2, 0) is 11.2 Å². The topological polar surface area (TPSA) is 57.0 Å². The lowest BCUT2D eigenvalue weighted by Gasteiger charge is -2.14. The number of carbonyl (C=O) groups is 1. The fraction of sp³-hybridized carbons (Fsp3) is 0.211. The summed E-state index contributed by atoms with van der Waals surface area (Å²) in [7, 11) is 1.74. The number of nitrogens with zero attached hydrogens (tertiary/aromatic N) is 3. The van der Waals surface area contributed by atoms with E-state index in [0.29, 0.717) is 19.4 Å². The molecule has 0 saturated carbocycles. The molecule has 1 aromatic carbocycles. The van der Waals surface area contributed by atoms with Gasteiger partial charge in [-0.3, -0.25) is 4.79 Å². The van der Waals surface area contributed by atoms with E-state index >= 15 is 0 Å². The molecular formula is C19H17N3OS2. The molecule has 0 N–H and O–H groups in total. The largest absolute Gasteiger partial charge is 0.344 e. The van der Waals surface area contributed by atoms with E-state index in [1.807, 2.05) is 47.8 Å². The number of rotatable bonds is 6. The van der Waals surface area contributed by atoms with Crippen molar-refractivity contribution in [2.45, 2.75) is 12.8 Å². The Bertz CT molecular complexity index is 879. The highest BCUT2D eigenvalue weighted by molar-refractivity contribution is 7.17. The van der Waals surface area contributed by atoms with Gasteiger partial charge < -0.3 is 4.90 Å². The van der Waals surface area contributed by atoms with Crippen molar-refractivity contribution in [1.29, 1.82) is 5.26 Å². The minimum absolute atomic E-state index is 0.0105. The lowest BCUT2D eigenvalue weighted by Crippen LogP contribution is -2.28. The molecule has 1 amide bonds. The number of benzene rings is 1. The Morgan fingerprint density at radius 3 is 2.72 bits per heavy atom. The molecule has 2 heterocycles. The molecule has 0 radical (unpaired) electrons. The number of hydrogen-bond donors (Lipinski definition) is 0. The first-order valence-electron chi connectivity index (χ1n) is 7.89. The number of likely N-dealkylation sites (N-methyl/N-ethyl adjacent to an activating group) is 1. The molecule has 0 aliphatic rings. The molecule has 2 aromatic heterocycles. The van der Waals surface area contributed by atoms with Crippen molar-refractivity contribution in [3.63, 3.8) is 0 Å². The first-order chi connectivity index (χ1) is 12.2. The predicted molar refractivity (Wildman–Crippen MR) is 102 cm³/mol. The molecule has 6 heteroatoms. The molecule has 0 unspecified atom stereocenters. The smallest absolute Gasteiger partial charge is 0.227 e. The minimum atomic E-state index is 0.0105. The van der Waals surface area contributed by atoms with E-state index in [0.717, 1.165) is 26.0 Å². The molecule has 3 aromatic rings. The van der Waals surface area contributed by atoms with Crippen LogP contribution in [0.25, 0.3) is 21.1 Å². The normalized spacial score (nSPS) is 10.4. The summed E-state index contributed by atoms with van der Waals surface area (Å²) in [6, 6.07) is 16.1. The first-order valence-corrected chi connectivity index (χ1v) is 9.58. The van der Waals surface area contributed by atoms with Crippen LogP contribution in [0.15, 0.2) is 47.8 Å². The van der Waals surface area contributed by atoms with Crippen LogP contribution in [0.2, 0.25) is 0 Å². The second kappa shape index (κ2) is 8.06. The van der Waals surface area contributed by atoms with Gasteiger partial charge in [-0.15, -0.1) is 22.7 Å². The first kappa shape index (κ1) is 17.3. The van der Waals surface area contributed by atoms with Crippen molar-refractivity contribution in [2.75, 3.05) is 13.6 Å². The van der Waals surface area contributed by atoms with Gasteiger partial charge in [-0.05, 0) is 11.4 Å². The third-order valence-electron chi connectivity index (χ3n) is 3.77. The Morgan fingerprint density at radius 2 is 2.04 bits per heavy atom. The Kier molecular flexibility index (Phi) is 5.59. The zero-order valence-corrected chi connectivity index (χ0v) is 15.4. The highest BCUT2D eigenvalue weighted by Crippen LogP contribution is 2.36. The molecule has 3 rings (SSSR count). The van der Waals surface area contributed by atoms with E-state index in [9.17, 15) is 4.79 Å². The third-order valence-corrected chi connectivity index (χ3v) is 5.75. The van der Waals surface area contributed by atoms with Crippen LogP contribution >= 0.6 is 22.7 Å². The van der Waals surface area contributed by atoms with E-state index < -0.39 is 0 Å². The Hall–Kier alpha value is -2.49. The molecule has 4 nitrogen and oxygen atoms in total. The molecule has 0 fully saturated rings. The maximum Gasteiger partial charge on any atom is 0.227 e. The zero-order chi connectivity index (χ0) is 17.6. The van der Waals surface area contributed by atoms with Gasteiger partial charge in [0, 0.05) is 24.0 Å². The summed E-state index contributed by atoms with van der Waals surface area (Å²) in [5.74, 6) is 0.0105. The standard InChI is InChI=1S/C19H17N3OS2/c1-22(11-6-10-20)17(23)13-16-18(15-9-5-12-24-15)21-19(25-16)14-7-3-2-4-8-14/h2-5,7-9,12H,6,11,13H2,1H3. The van der Waals surface area contributed by atoms with Crippen LogP contribution in [0.5, 0.6) is 0 Å². The van der Waals surface area contributed by atoms with Gasteiger partial charge in [-0.1, -0.05) is 36.4 Å². The molecule has 0 aliphatic heterocycles. The summed E-state index contributed by atoms with van der Waals surface area (Å²) in [6.45, 7) is 0.452. The molecule has 126 valence electrons. The minimum Gasteiger partial charge on any atom is -0.344 e. The Balaban J connectivity index is 1.91. The third kappa shape index (κ3) is 4.13. The van der Waals surface area contributed by atoms with Gasteiger partial charge >= 0.3 is 0 Å². The van der Waals surface area contributed by atoms with E-state index in [4.69, 9.17) is 10.2 Å². The summed E-state index contributed by atoms with van der Waals surface area (Å²) in [5.41, 5.74) is 1.95. The number of amides is 1. The highest BCUT2D eigenvalue weighted by Gasteiger charge is 2.19. The fourth-order valence-electron chi connectivity index (χ4n) is 2.40. The average Bonchev–Trinajstić information content (AvgIpc) is 3.30. The van der Waals surface area contributed by atoms with Gasteiger partial charge in [0.2, 0.25) is 5.91 Å².